The fourth-order valence-electron chi connectivity index (χ4n) is 3.43. The summed E-state index contributed by atoms with van der Waals surface area (Å²) in [6.07, 6.45) is 9.77. The van der Waals surface area contributed by atoms with Gasteiger partial charge in [-0.05, 0) is 50.9 Å². The Morgan fingerprint density at radius 1 is 1.29 bits per heavy atom. The molecular formula is C17H31NO3. The maximum Gasteiger partial charge on any atom is 0.323 e. The van der Waals surface area contributed by atoms with Gasteiger partial charge in [0, 0.05) is 12.6 Å². The molecule has 4 heteroatoms. The second-order valence-electron chi connectivity index (χ2n) is 6.93. The molecule has 122 valence electrons. The molecule has 0 radical (unpaired) electrons. The topological polar surface area (TPSA) is 58.6 Å². The lowest BCUT2D eigenvalue weighted by atomic mass is 9.88. The zero-order chi connectivity index (χ0) is 15.3. The monoisotopic (exact) mass is 297 g/mol. The number of nitrogens with one attached hydrogen (secondary N) is 1. The molecule has 2 rings (SSSR count). The molecular weight excluding hydrogens is 266 g/mol. The molecule has 3 unspecified atom stereocenters. The number of ether oxygens (including phenoxy) is 1. The Morgan fingerprint density at radius 2 is 2.00 bits per heavy atom. The first kappa shape index (κ1) is 16.8. The minimum Gasteiger partial charge on any atom is -0.480 e. The van der Waals surface area contributed by atoms with E-state index >= 15 is 0 Å². The van der Waals surface area contributed by atoms with E-state index in [9.17, 15) is 9.90 Å². The molecule has 3 atom stereocenters. The van der Waals surface area contributed by atoms with Crippen molar-refractivity contribution in [3.8, 4) is 0 Å². The fourth-order valence-corrected chi connectivity index (χ4v) is 3.43. The van der Waals surface area contributed by atoms with Crippen LogP contribution in [0.5, 0.6) is 0 Å². The Hall–Kier alpha value is -0.610. The molecule has 0 amide bonds. The van der Waals surface area contributed by atoms with Crippen molar-refractivity contribution in [2.75, 3.05) is 6.61 Å². The molecule has 4 nitrogen and oxygen atoms in total. The standard InChI is InChI=1S/C17H31NO3/c1-3-17(16(19)20,18-14-9-10-14)11-6-12-21-15-8-5-4-7-13(15)2/h13-15,18H,3-12H2,1-2H3,(H,19,20). The number of carboxylic acids is 1. The van der Waals surface area contributed by atoms with Gasteiger partial charge in [-0.2, -0.15) is 0 Å². The summed E-state index contributed by atoms with van der Waals surface area (Å²) in [5, 5.41) is 12.9. The van der Waals surface area contributed by atoms with E-state index in [-0.39, 0.29) is 0 Å². The average molecular weight is 297 g/mol. The smallest absolute Gasteiger partial charge is 0.323 e. The Balaban J connectivity index is 1.74. The molecule has 2 fully saturated rings. The Labute approximate surface area is 128 Å². The molecule has 2 N–H and O–H groups in total. The van der Waals surface area contributed by atoms with Crippen molar-refractivity contribution in [1.82, 2.24) is 5.32 Å². The molecule has 2 saturated carbocycles. The van der Waals surface area contributed by atoms with Gasteiger partial charge < -0.3 is 9.84 Å². The number of aliphatic carboxylic acids is 1. The summed E-state index contributed by atoms with van der Waals surface area (Å²) in [7, 11) is 0. The summed E-state index contributed by atoms with van der Waals surface area (Å²) >= 11 is 0. The van der Waals surface area contributed by atoms with E-state index in [0.29, 0.717) is 37.5 Å². The van der Waals surface area contributed by atoms with Crippen LogP contribution in [-0.4, -0.2) is 35.4 Å². The van der Waals surface area contributed by atoms with Crippen LogP contribution < -0.4 is 5.32 Å². The van der Waals surface area contributed by atoms with Gasteiger partial charge in [-0.3, -0.25) is 10.1 Å². The van der Waals surface area contributed by atoms with Crippen LogP contribution in [-0.2, 0) is 9.53 Å². The highest BCUT2D eigenvalue weighted by molar-refractivity contribution is 5.78. The predicted molar refractivity (Wildman–Crippen MR) is 83.4 cm³/mol. The van der Waals surface area contributed by atoms with Crippen molar-refractivity contribution in [3.63, 3.8) is 0 Å². The molecule has 0 saturated heterocycles. The molecule has 0 aromatic rings. The van der Waals surface area contributed by atoms with Gasteiger partial charge in [-0.1, -0.05) is 26.7 Å². The van der Waals surface area contributed by atoms with Crippen molar-refractivity contribution in [1.29, 1.82) is 0 Å². The third kappa shape index (κ3) is 4.68. The summed E-state index contributed by atoms with van der Waals surface area (Å²) in [5.74, 6) is -0.0540. The normalized spacial score (nSPS) is 29.0. The second kappa shape index (κ2) is 7.59. The van der Waals surface area contributed by atoms with Crippen LogP contribution in [0.1, 0.15) is 71.6 Å². The second-order valence-corrected chi connectivity index (χ2v) is 6.93. The predicted octanol–water partition coefficient (Wildman–Crippen LogP) is 3.35. The van der Waals surface area contributed by atoms with Gasteiger partial charge >= 0.3 is 5.97 Å². The van der Waals surface area contributed by atoms with E-state index in [2.05, 4.69) is 12.2 Å². The molecule has 0 aromatic carbocycles. The molecule has 0 aromatic heterocycles. The van der Waals surface area contributed by atoms with E-state index in [1.807, 2.05) is 6.92 Å². The SMILES string of the molecule is CCC(CCCOC1CCCCC1C)(NC1CC1)C(=O)O. The highest BCUT2D eigenvalue weighted by Crippen LogP contribution is 2.29. The molecule has 0 spiro atoms. The summed E-state index contributed by atoms with van der Waals surface area (Å²) in [6, 6.07) is 0.417. The Morgan fingerprint density at radius 3 is 2.57 bits per heavy atom. The Bertz CT molecular complexity index is 343. The van der Waals surface area contributed by atoms with Gasteiger partial charge in [0.1, 0.15) is 5.54 Å². The lowest BCUT2D eigenvalue weighted by molar-refractivity contribution is -0.145. The molecule has 0 aliphatic heterocycles. The van der Waals surface area contributed by atoms with E-state index in [1.165, 1.54) is 25.7 Å². The quantitative estimate of drug-likeness (QED) is 0.641. The van der Waals surface area contributed by atoms with Crippen LogP contribution in [0.3, 0.4) is 0 Å². The van der Waals surface area contributed by atoms with Crippen molar-refractivity contribution in [2.24, 2.45) is 5.92 Å². The molecule has 21 heavy (non-hydrogen) atoms. The lowest BCUT2D eigenvalue weighted by Gasteiger charge is -2.31. The fraction of sp³-hybridized carbons (Fsp3) is 0.941. The van der Waals surface area contributed by atoms with Crippen LogP contribution >= 0.6 is 0 Å². The van der Waals surface area contributed by atoms with Crippen LogP contribution in [0.2, 0.25) is 0 Å². The number of carbonyl (C=O) groups is 1. The van der Waals surface area contributed by atoms with Crippen molar-refractivity contribution >= 4 is 5.97 Å². The highest BCUT2D eigenvalue weighted by Gasteiger charge is 2.40. The van der Waals surface area contributed by atoms with Gasteiger partial charge in [0.25, 0.3) is 0 Å². The third-order valence-corrected chi connectivity index (χ3v) is 5.18. The Kier molecular flexibility index (Phi) is 6.06. The van der Waals surface area contributed by atoms with E-state index in [0.717, 1.165) is 19.3 Å². The summed E-state index contributed by atoms with van der Waals surface area (Å²) in [4.78, 5) is 11.7. The number of hydrogen-bond donors (Lipinski definition) is 2. The van der Waals surface area contributed by atoms with Crippen molar-refractivity contribution in [3.05, 3.63) is 0 Å². The highest BCUT2D eigenvalue weighted by atomic mass is 16.5. The van der Waals surface area contributed by atoms with Gasteiger partial charge in [0.2, 0.25) is 0 Å². The van der Waals surface area contributed by atoms with Gasteiger partial charge in [-0.25, -0.2) is 0 Å². The van der Waals surface area contributed by atoms with Crippen molar-refractivity contribution < 1.29 is 14.6 Å². The first-order valence-electron chi connectivity index (χ1n) is 8.70. The van der Waals surface area contributed by atoms with E-state index in [4.69, 9.17) is 4.74 Å². The maximum absolute atomic E-state index is 11.7. The van der Waals surface area contributed by atoms with Crippen LogP contribution in [0.25, 0.3) is 0 Å². The summed E-state index contributed by atoms with van der Waals surface area (Å²) in [6.45, 7) is 4.93. The first-order valence-corrected chi connectivity index (χ1v) is 8.70. The molecule has 2 aliphatic carbocycles. The number of rotatable bonds is 9. The van der Waals surface area contributed by atoms with E-state index < -0.39 is 11.5 Å². The van der Waals surface area contributed by atoms with Crippen LogP contribution in [0, 0.1) is 5.92 Å². The summed E-state index contributed by atoms with van der Waals surface area (Å²) < 4.78 is 6.01. The van der Waals surface area contributed by atoms with Crippen LogP contribution in [0.15, 0.2) is 0 Å². The van der Waals surface area contributed by atoms with Crippen LogP contribution in [0.4, 0.5) is 0 Å². The number of hydrogen-bond acceptors (Lipinski definition) is 3. The minimum atomic E-state index is -0.747. The lowest BCUT2D eigenvalue weighted by Crippen LogP contribution is -2.52. The van der Waals surface area contributed by atoms with Gasteiger partial charge in [-0.15, -0.1) is 0 Å². The van der Waals surface area contributed by atoms with E-state index in [1.54, 1.807) is 0 Å². The molecule has 0 bridgehead atoms. The van der Waals surface area contributed by atoms with Gasteiger partial charge in [0.05, 0.1) is 6.10 Å². The maximum atomic E-state index is 11.7. The van der Waals surface area contributed by atoms with Crippen molar-refractivity contribution in [2.45, 2.75) is 89.3 Å². The first-order chi connectivity index (χ1) is 10.1. The summed E-state index contributed by atoms with van der Waals surface area (Å²) in [5.41, 5.74) is -0.747. The molecule has 2 aliphatic rings. The number of carboxylic acid groups (broad SMARTS) is 1. The third-order valence-electron chi connectivity index (χ3n) is 5.18. The zero-order valence-electron chi connectivity index (χ0n) is 13.6. The largest absolute Gasteiger partial charge is 0.480 e. The average Bonchev–Trinajstić information content (AvgIpc) is 3.27. The minimum absolute atomic E-state index is 0.385. The van der Waals surface area contributed by atoms with Gasteiger partial charge in [0.15, 0.2) is 0 Å². The molecule has 0 heterocycles. The zero-order valence-corrected chi connectivity index (χ0v) is 13.6.